The molecule has 2 aromatic carbocycles. The van der Waals surface area contributed by atoms with Crippen LogP contribution < -0.4 is 5.43 Å². The fourth-order valence-corrected chi connectivity index (χ4v) is 2.62. The number of carbonyl (C=O) groups excluding carboxylic acids is 2. The molecule has 0 bridgehead atoms. The highest BCUT2D eigenvalue weighted by molar-refractivity contribution is 6.35. The van der Waals surface area contributed by atoms with E-state index in [1.165, 1.54) is 0 Å². The number of nitrogens with zero attached hydrogens (tertiary/aromatic N) is 1. The van der Waals surface area contributed by atoms with Crippen molar-refractivity contribution >= 4 is 23.2 Å². The number of carbonyl (C=O) groups is 2. The summed E-state index contributed by atoms with van der Waals surface area (Å²) in [4.78, 5) is 24.3. The molecule has 24 heavy (non-hydrogen) atoms. The van der Waals surface area contributed by atoms with Gasteiger partial charge in [-0.25, -0.2) is 5.43 Å². The van der Waals surface area contributed by atoms with E-state index >= 15 is 0 Å². The number of aliphatic hydroxyl groups excluding tert-OH is 1. The van der Waals surface area contributed by atoms with Crippen molar-refractivity contribution in [3.8, 4) is 0 Å². The number of amides is 1. The van der Waals surface area contributed by atoms with E-state index < -0.39 is 0 Å². The maximum absolute atomic E-state index is 12.4. The number of allylic oxidation sites excluding steroid dienone is 1. The third kappa shape index (κ3) is 2.96. The van der Waals surface area contributed by atoms with Gasteiger partial charge in [-0.15, -0.1) is 0 Å². The number of hydrogen-bond acceptors (Lipinski definition) is 4. The Labute approximate surface area is 139 Å². The molecule has 0 saturated heterocycles. The molecule has 1 aliphatic carbocycles. The summed E-state index contributed by atoms with van der Waals surface area (Å²) in [6.45, 7) is 1.58. The lowest BCUT2D eigenvalue weighted by molar-refractivity contribution is -0.120. The highest BCUT2D eigenvalue weighted by Crippen LogP contribution is 2.31. The zero-order valence-corrected chi connectivity index (χ0v) is 13.1. The van der Waals surface area contributed by atoms with Crippen LogP contribution in [-0.4, -0.2) is 22.5 Å². The molecule has 120 valence electrons. The van der Waals surface area contributed by atoms with Gasteiger partial charge in [-0.3, -0.25) is 9.59 Å². The summed E-state index contributed by atoms with van der Waals surface area (Å²) in [5.41, 5.74) is 4.62. The fraction of sp³-hybridized carbons (Fsp3) is 0.105. The molecular formula is C19H16N2O3. The van der Waals surface area contributed by atoms with Crippen molar-refractivity contribution in [3.63, 3.8) is 0 Å². The van der Waals surface area contributed by atoms with Crippen molar-refractivity contribution in [2.45, 2.75) is 13.3 Å². The molecule has 0 unspecified atom stereocenters. The number of fused-ring (bicyclic) bond motifs is 1. The van der Waals surface area contributed by atoms with E-state index in [0.717, 1.165) is 5.56 Å². The molecule has 5 nitrogen and oxygen atoms in total. The lowest BCUT2D eigenvalue weighted by Gasteiger charge is -2.04. The molecule has 0 aromatic heterocycles. The minimum Gasteiger partial charge on any atom is -0.506 e. The number of nitrogens with one attached hydrogen (secondary N) is 1. The van der Waals surface area contributed by atoms with Crippen LogP contribution >= 0.6 is 0 Å². The van der Waals surface area contributed by atoms with Gasteiger partial charge in [0.15, 0.2) is 5.78 Å². The predicted molar refractivity (Wildman–Crippen MR) is 91.7 cm³/mol. The van der Waals surface area contributed by atoms with Crippen LogP contribution in [0.25, 0.3) is 5.76 Å². The summed E-state index contributed by atoms with van der Waals surface area (Å²) in [6.07, 6.45) is 0.191. The van der Waals surface area contributed by atoms with Crippen LogP contribution in [0.1, 0.15) is 28.4 Å². The van der Waals surface area contributed by atoms with Crippen LogP contribution in [-0.2, 0) is 11.2 Å². The summed E-state index contributed by atoms with van der Waals surface area (Å²) < 4.78 is 0. The van der Waals surface area contributed by atoms with Crippen LogP contribution in [0.4, 0.5) is 0 Å². The monoisotopic (exact) mass is 320 g/mol. The molecule has 1 aliphatic rings. The first-order valence-corrected chi connectivity index (χ1v) is 7.52. The van der Waals surface area contributed by atoms with Gasteiger partial charge in [0.25, 0.3) is 0 Å². The second-order valence-electron chi connectivity index (χ2n) is 5.49. The lowest BCUT2D eigenvalue weighted by Crippen LogP contribution is -2.22. The maximum atomic E-state index is 12.4. The number of Topliss-reactive ketones (excluding diaryl/α,β-unsaturated/α-hetero) is 1. The molecule has 0 heterocycles. The number of benzene rings is 2. The first-order chi connectivity index (χ1) is 11.6. The number of rotatable bonds is 4. The Kier molecular flexibility index (Phi) is 4.24. The molecular weight excluding hydrogens is 304 g/mol. The van der Waals surface area contributed by atoms with Crippen molar-refractivity contribution in [3.05, 3.63) is 76.9 Å². The Hall–Kier alpha value is -3.21. The van der Waals surface area contributed by atoms with Gasteiger partial charge in [-0.2, -0.15) is 5.10 Å². The van der Waals surface area contributed by atoms with Crippen LogP contribution in [0.15, 0.2) is 65.3 Å². The van der Waals surface area contributed by atoms with Crippen molar-refractivity contribution in [1.29, 1.82) is 0 Å². The van der Waals surface area contributed by atoms with Crippen LogP contribution in [0.2, 0.25) is 0 Å². The number of aliphatic hydroxyl groups is 1. The van der Waals surface area contributed by atoms with E-state index in [1.54, 1.807) is 31.2 Å². The average molecular weight is 320 g/mol. The second-order valence-corrected chi connectivity index (χ2v) is 5.49. The Morgan fingerprint density at radius 3 is 2.33 bits per heavy atom. The summed E-state index contributed by atoms with van der Waals surface area (Å²) >= 11 is 0. The molecule has 0 radical (unpaired) electrons. The van der Waals surface area contributed by atoms with E-state index in [2.05, 4.69) is 10.5 Å². The third-order valence-electron chi connectivity index (χ3n) is 3.81. The van der Waals surface area contributed by atoms with Crippen LogP contribution in [0.3, 0.4) is 0 Å². The van der Waals surface area contributed by atoms with Gasteiger partial charge < -0.3 is 5.11 Å². The average Bonchev–Trinajstić information content (AvgIpc) is 2.85. The van der Waals surface area contributed by atoms with Crippen molar-refractivity contribution in [1.82, 2.24) is 5.43 Å². The molecule has 1 amide bonds. The smallest absolute Gasteiger partial charge is 0.244 e. The Bertz CT molecular complexity index is 867. The normalized spacial score (nSPS) is 13.9. The Balaban J connectivity index is 1.74. The van der Waals surface area contributed by atoms with Gasteiger partial charge in [-0.05, 0) is 12.5 Å². The van der Waals surface area contributed by atoms with Crippen molar-refractivity contribution in [2.24, 2.45) is 5.10 Å². The van der Waals surface area contributed by atoms with Gasteiger partial charge in [0, 0.05) is 11.1 Å². The second kappa shape index (κ2) is 6.50. The summed E-state index contributed by atoms with van der Waals surface area (Å²) in [5, 5.41) is 14.2. The summed E-state index contributed by atoms with van der Waals surface area (Å²) in [6, 6.07) is 16.1. The van der Waals surface area contributed by atoms with Crippen molar-refractivity contribution in [2.75, 3.05) is 0 Å². The van der Waals surface area contributed by atoms with Crippen molar-refractivity contribution < 1.29 is 14.7 Å². The first kappa shape index (κ1) is 15.7. The van der Waals surface area contributed by atoms with E-state index in [0.29, 0.717) is 11.1 Å². The zero-order chi connectivity index (χ0) is 17.1. The number of ketones is 1. The van der Waals surface area contributed by atoms with E-state index in [-0.39, 0.29) is 35.2 Å². The molecule has 3 rings (SSSR count). The summed E-state index contributed by atoms with van der Waals surface area (Å²) in [5.74, 6) is -0.681. The number of hydrogen-bond donors (Lipinski definition) is 2. The molecule has 0 atom stereocenters. The Morgan fingerprint density at radius 1 is 1.04 bits per heavy atom. The molecule has 5 heteroatoms. The van der Waals surface area contributed by atoms with Gasteiger partial charge in [0.05, 0.1) is 17.7 Å². The Morgan fingerprint density at radius 2 is 1.67 bits per heavy atom. The van der Waals surface area contributed by atoms with E-state index in [9.17, 15) is 14.7 Å². The molecule has 0 spiro atoms. The summed E-state index contributed by atoms with van der Waals surface area (Å²) in [7, 11) is 0. The van der Waals surface area contributed by atoms with Gasteiger partial charge in [0.2, 0.25) is 5.91 Å². The van der Waals surface area contributed by atoms with Gasteiger partial charge >= 0.3 is 0 Å². The first-order valence-electron chi connectivity index (χ1n) is 7.52. The topological polar surface area (TPSA) is 78.8 Å². The SMILES string of the molecule is C/C(=N\NC(=O)Cc1ccccc1)C1=C(O)c2ccccc2C1=O. The highest BCUT2D eigenvalue weighted by Gasteiger charge is 2.31. The van der Waals surface area contributed by atoms with Crippen LogP contribution in [0.5, 0.6) is 0 Å². The molecule has 0 aliphatic heterocycles. The lowest BCUT2D eigenvalue weighted by atomic mass is 10.1. The largest absolute Gasteiger partial charge is 0.506 e. The van der Waals surface area contributed by atoms with Gasteiger partial charge in [-0.1, -0.05) is 54.6 Å². The molecule has 0 fully saturated rings. The third-order valence-corrected chi connectivity index (χ3v) is 3.81. The van der Waals surface area contributed by atoms with E-state index in [4.69, 9.17) is 0 Å². The van der Waals surface area contributed by atoms with Gasteiger partial charge in [0.1, 0.15) is 5.76 Å². The van der Waals surface area contributed by atoms with Crippen LogP contribution in [0, 0.1) is 0 Å². The maximum Gasteiger partial charge on any atom is 0.244 e. The predicted octanol–water partition coefficient (Wildman–Crippen LogP) is 2.89. The standard InChI is InChI=1S/C19H16N2O3/c1-12(20-21-16(22)11-13-7-3-2-4-8-13)17-18(23)14-9-5-6-10-15(14)19(17)24/h2-10,23H,11H2,1H3,(H,21,22)/b20-12+. The zero-order valence-electron chi connectivity index (χ0n) is 13.1. The molecule has 2 aromatic rings. The minimum atomic E-state index is -0.290. The number of hydrazone groups is 1. The molecule has 2 N–H and O–H groups in total. The minimum absolute atomic E-state index is 0.103. The highest BCUT2D eigenvalue weighted by atomic mass is 16.3. The van der Waals surface area contributed by atoms with E-state index in [1.807, 2.05) is 30.3 Å². The molecule has 0 saturated carbocycles. The fourth-order valence-electron chi connectivity index (χ4n) is 2.62. The quantitative estimate of drug-likeness (QED) is 0.671.